The molecule has 1 radical (unpaired) electrons. The van der Waals surface area contributed by atoms with E-state index in [1.54, 1.807) is 18.3 Å². The highest BCUT2D eigenvalue weighted by molar-refractivity contribution is 6.57. The normalized spacial score (nSPS) is 9.36. The number of rotatable bonds is 1. The van der Waals surface area contributed by atoms with E-state index in [1.807, 2.05) is 0 Å². The van der Waals surface area contributed by atoms with Gasteiger partial charge in [0.15, 0.2) is 0 Å². The zero-order valence-electron chi connectivity index (χ0n) is 5.31. The Bertz CT molecular complexity index is 279. The summed E-state index contributed by atoms with van der Waals surface area (Å²) in [6.45, 7) is 0. The topological polar surface area (TPSA) is 12.9 Å². The summed E-state index contributed by atoms with van der Waals surface area (Å²) in [5.41, 5.74) is 0.758. The molecular weight excluding hydrogens is 204 g/mol. The predicted molar refractivity (Wildman–Crippen MR) is 47.8 cm³/mol. The molecule has 1 aromatic heterocycles. The highest BCUT2D eigenvalue weighted by Gasteiger charge is 1.92. The molecule has 0 aliphatic rings. The summed E-state index contributed by atoms with van der Waals surface area (Å²) in [5, 5.41) is 0.438. The molecule has 0 spiro atoms. The quantitative estimate of drug-likeness (QED) is 0.688. The molecule has 57 valence electrons. The lowest BCUT2D eigenvalue weighted by atomic mass is 10.3. The molecule has 0 saturated carbocycles. The Morgan fingerprint density at radius 2 is 2.27 bits per heavy atom. The first-order valence-electron chi connectivity index (χ1n) is 2.74. The third-order valence-corrected chi connectivity index (χ3v) is 1.37. The molecule has 1 heterocycles. The minimum Gasteiger partial charge on any atom is -0.252 e. The van der Waals surface area contributed by atoms with Crippen LogP contribution >= 0.6 is 34.8 Å². The van der Waals surface area contributed by atoms with Gasteiger partial charge in [0.25, 0.3) is 0 Å². The van der Waals surface area contributed by atoms with Crippen LogP contribution in [0.3, 0.4) is 0 Å². The molecule has 4 heteroatoms. The summed E-state index contributed by atoms with van der Waals surface area (Å²) in [5.74, 6) is 0. The van der Waals surface area contributed by atoms with E-state index in [4.69, 9.17) is 34.8 Å². The minimum absolute atomic E-state index is 0.175. The van der Waals surface area contributed by atoms with Crippen LogP contribution in [0.5, 0.6) is 0 Å². The zero-order chi connectivity index (χ0) is 8.27. The molecule has 0 amide bonds. The third-order valence-electron chi connectivity index (χ3n) is 0.954. The lowest BCUT2D eigenvalue weighted by Gasteiger charge is -1.91. The summed E-state index contributed by atoms with van der Waals surface area (Å²) in [6.07, 6.45) is 5.66. The fourth-order valence-electron chi connectivity index (χ4n) is 0.589. The molecule has 0 aliphatic heterocycles. The SMILES string of the molecule is ClC(Cl)=Cc1cn[c]c(Cl)c1. The van der Waals surface area contributed by atoms with Crippen molar-refractivity contribution in [1.29, 1.82) is 0 Å². The molecule has 0 aliphatic carbocycles. The van der Waals surface area contributed by atoms with E-state index in [-0.39, 0.29) is 4.49 Å². The van der Waals surface area contributed by atoms with Gasteiger partial charge in [0.05, 0.1) is 5.02 Å². The van der Waals surface area contributed by atoms with Crippen molar-refractivity contribution in [2.75, 3.05) is 0 Å². The van der Waals surface area contributed by atoms with Crippen LogP contribution in [0.15, 0.2) is 16.8 Å². The molecule has 1 aromatic rings. The second kappa shape index (κ2) is 3.96. The monoisotopic (exact) mass is 206 g/mol. The summed E-state index contributed by atoms with van der Waals surface area (Å²) in [4.78, 5) is 3.72. The minimum atomic E-state index is 0.175. The molecule has 11 heavy (non-hydrogen) atoms. The first kappa shape index (κ1) is 8.85. The summed E-state index contributed by atoms with van der Waals surface area (Å²) < 4.78 is 0.175. The van der Waals surface area contributed by atoms with Crippen molar-refractivity contribution in [3.05, 3.63) is 33.5 Å². The number of hydrogen-bond acceptors (Lipinski definition) is 1. The first-order chi connectivity index (χ1) is 5.18. The maximum absolute atomic E-state index is 5.59. The van der Waals surface area contributed by atoms with Crippen molar-refractivity contribution >= 4 is 40.9 Å². The maximum Gasteiger partial charge on any atom is 0.109 e. The first-order valence-corrected chi connectivity index (χ1v) is 3.88. The molecule has 0 saturated heterocycles. The smallest absolute Gasteiger partial charge is 0.109 e. The second-order valence-electron chi connectivity index (χ2n) is 1.80. The van der Waals surface area contributed by atoms with Gasteiger partial charge in [0.2, 0.25) is 0 Å². The molecule has 0 unspecified atom stereocenters. The molecule has 0 bridgehead atoms. The summed E-state index contributed by atoms with van der Waals surface area (Å²) in [6, 6.07) is 1.67. The van der Waals surface area contributed by atoms with E-state index >= 15 is 0 Å². The lowest BCUT2D eigenvalue weighted by Crippen LogP contribution is -1.76. The van der Waals surface area contributed by atoms with E-state index in [0.717, 1.165) is 5.56 Å². The number of aromatic nitrogens is 1. The van der Waals surface area contributed by atoms with Gasteiger partial charge in [-0.15, -0.1) is 0 Å². The van der Waals surface area contributed by atoms with Crippen LogP contribution in [0.1, 0.15) is 5.56 Å². The van der Waals surface area contributed by atoms with E-state index in [9.17, 15) is 0 Å². The van der Waals surface area contributed by atoms with Crippen LogP contribution in [0.25, 0.3) is 6.08 Å². The molecule has 1 nitrogen and oxygen atoms in total. The van der Waals surface area contributed by atoms with Gasteiger partial charge in [-0.1, -0.05) is 34.8 Å². The average molecular weight is 207 g/mol. The highest BCUT2D eigenvalue weighted by Crippen LogP contribution is 2.15. The number of pyridine rings is 1. The molecule has 0 atom stereocenters. The largest absolute Gasteiger partial charge is 0.252 e. The van der Waals surface area contributed by atoms with Gasteiger partial charge < -0.3 is 0 Å². The Balaban J connectivity index is 2.97. The second-order valence-corrected chi connectivity index (χ2v) is 3.21. The molecule has 1 rings (SSSR count). The Hall–Kier alpha value is -0.240. The Morgan fingerprint density at radius 3 is 2.82 bits per heavy atom. The number of hydrogen-bond donors (Lipinski definition) is 0. The van der Waals surface area contributed by atoms with Gasteiger partial charge in [-0.25, -0.2) is 0 Å². The van der Waals surface area contributed by atoms with Gasteiger partial charge in [0.1, 0.15) is 10.7 Å². The maximum atomic E-state index is 5.59. The van der Waals surface area contributed by atoms with Crippen molar-refractivity contribution in [2.24, 2.45) is 0 Å². The molecule has 0 fully saturated rings. The Morgan fingerprint density at radius 1 is 1.55 bits per heavy atom. The third kappa shape index (κ3) is 3.10. The van der Waals surface area contributed by atoms with Gasteiger partial charge in [-0.3, -0.25) is 4.98 Å². The van der Waals surface area contributed by atoms with Crippen LogP contribution in [0, 0.1) is 6.20 Å². The van der Waals surface area contributed by atoms with Gasteiger partial charge >= 0.3 is 0 Å². The van der Waals surface area contributed by atoms with Crippen molar-refractivity contribution in [3.63, 3.8) is 0 Å². The van der Waals surface area contributed by atoms with E-state index in [1.165, 1.54) is 0 Å². The van der Waals surface area contributed by atoms with Crippen LogP contribution in [0.4, 0.5) is 0 Å². The number of halogens is 3. The molecule has 0 aromatic carbocycles. The predicted octanol–water partition coefficient (Wildman–Crippen LogP) is 3.31. The van der Waals surface area contributed by atoms with Gasteiger partial charge in [-0.2, -0.15) is 0 Å². The van der Waals surface area contributed by atoms with E-state index in [0.29, 0.717) is 5.02 Å². The van der Waals surface area contributed by atoms with Crippen molar-refractivity contribution in [1.82, 2.24) is 4.98 Å². The van der Waals surface area contributed by atoms with Crippen LogP contribution in [0.2, 0.25) is 5.02 Å². The van der Waals surface area contributed by atoms with Crippen molar-refractivity contribution in [2.45, 2.75) is 0 Å². The Kier molecular flexibility index (Phi) is 3.18. The summed E-state index contributed by atoms with van der Waals surface area (Å²) >= 11 is 16.4. The molecule has 0 N–H and O–H groups in total. The van der Waals surface area contributed by atoms with Gasteiger partial charge in [-0.05, 0) is 17.7 Å². The highest BCUT2D eigenvalue weighted by atomic mass is 35.5. The van der Waals surface area contributed by atoms with Crippen molar-refractivity contribution in [3.8, 4) is 0 Å². The molecular formula is C7H3Cl3N. The van der Waals surface area contributed by atoms with E-state index in [2.05, 4.69) is 11.2 Å². The zero-order valence-corrected chi connectivity index (χ0v) is 7.58. The Labute approximate surface area is 79.6 Å². The standard InChI is InChI=1S/C7H3Cl3N/c8-6-1-5(2-7(9)10)3-11-4-6/h1-3H. The summed E-state index contributed by atoms with van der Waals surface area (Å²) in [7, 11) is 0. The fraction of sp³-hybridized carbons (Fsp3) is 0. The van der Waals surface area contributed by atoms with E-state index < -0.39 is 0 Å². The lowest BCUT2D eigenvalue weighted by molar-refractivity contribution is 1.30. The van der Waals surface area contributed by atoms with Gasteiger partial charge in [0, 0.05) is 6.20 Å². The van der Waals surface area contributed by atoms with Crippen LogP contribution in [-0.4, -0.2) is 4.98 Å². The van der Waals surface area contributed by atoms with Crippen molar-refractivity contribution < 1.29 is 0 Å². The van der Waals surface area contributed by atoms with Crippen LogP contribution < -0.4 is 0 Å². The fourth-order valence-corrected chi connectivity index (χ4v) is 1.02. The average Bonchev–Trinajstić information content (AvgIpc) is 1.85. The van der Waals surface area contributed by atoms with Crippen LogP contribution in [-0.2, 0) is 0 Å². The number of nitrogens with zero attached hydrogens (tertiary/aromatic N) is 1.